The maximum absolute atomic E-state index is 6.35. The molecule has 0 aliphatic rings. The van der Waals surface area contributed by atoms with E-state index in [1.54, 1.807) is 0 Å². The Hall–Kier alpha value is -2.38. The molecule has 0 saturated carbocycles. The van der Waals surface area contributed by atoms with Gasteiger partial charge in [0.2, 0.25) is 0 Å². The minimum Gasteiger partial charge on any atom is -0.381 e. The van der Waals surface area contributed by atoms with Crippen LogP contribution in [0.1, 0.15) is 25.0 Å². The summed E-state index contributed by atoms with van der Waals surface area (Å²) in [6, 6.07) is 40.3. The van der Waals surface area contributed by atoms with Crippen molar-refractivity contribution in [3.05, 3.63) is 120 Å². The Labute approximate surface area is 237 Å². The van der Waals surface area contributed by atoms with Crippen molar-refractivity contribution in [1.29, 1.82) is 0 Å². The molecule has 0 aromatic heterocycles. The lowest BCUT2D eigenvalue weighted by atomic mass is 10.2. The van der Waals surface area contributed by atoms with E-state index in [-0.39, 0.29) is 0 Å². The first-order valence-electron chi connectivity index (χ1n) is 14.1. The molecule has 4 rings (SSSR count). The molecule has 2 unspecified atom stereocenters. The van der Waals surface area contributed by atoms with Crippen LogP contribution in [0.5, 0.6) is 0 Å². The predicted octanol–water partition coefficient (Wildman–Crippen LogP) is 5.49. The third-order valence-electron chi connectivity index (χ3n) is 6.71. The van der Waals surface area contributed by atoms with Crippen molar-refractivity contribution in [3.63, 3.8) is 0 Å². The van der Waals surface area contributed by atoms with Crippen LogP contribution in [0.25, 0.3) is 0 Å². The normalized spacial score (nSPS) is 12.8. The van der Waals surface area contributed by atoms with Crippen molar-refractivity contribution in [2.24, 2.45) is 0 Å². The zero-order valence-electron chi connectivity index (χ0n) is 23.4. The zero-order chi connectivity index (χ0) is 27.1. The molecule has 0 amide bonds. The number of ether oxygens (including phenoxy) is 1. The van der Waals surface area contributed by atoms with Crippen LogP contribution in [0.15, 0.2) is 109 Å². The molecular formula is C34H42N2OP2. The van der Waals surface area contributed by atoms with Crippen LogP contribution >= 0.6 is 15.8 Å². The number of benzene rings is 4. The van der Waals surface area contributed by atoms with Gasteiger partial charge in [0.15, 0.2) is 0 Å². The van der Waals surface area contributed by atoms with E-state index in [4.69, 9.17) is 4.74 Å². The molecule has 0 radical (unpaired) electrons. The summed E-state index contributed by atoms with van der Waals surface area (Å²) in [6.45, 7) is 9.67. The summed E-state index contributed by atoms with van der Waals surface area (Å²) in [4.78, 5) is 0. The van der Waals surface area contributed by atoms with Crippen molar-refractivity contribution in [3.8, 4) is 0 Å². The SMILES string of the molecule is CCNCc1ccc(P(CCOCCP(c2ccccc2)c2ccc(CNCC)cc2)c2ccccc2)cc1. The first kappa shape index (κ1) is 29.6. The lowest BCUT2D eigenvalue weighted by Gasteiger charge is -2.21. The van der Waals surface area contributed by atoms with Crippen molar-refractivity contribution in [1.82, 2.24) is 10.6 Å². The fraction of sp³-hybridized carbons (Fsp3) is 0.294. The predicted molar refractivity (Wildman–Crippen MR) is 173 cm³/mol. The van der Waals surface area contributed by atoms with Gasteiger partial charge in [-0.2, -0.15) is 0 Å². The van der Waals surface area contributed by atoms with Crippen LogP contribution in [0, 0.1) is 0 Å². The van der Waals surface area contributed by atoms with Gasteiger partial charge in [0, 0.05) is 13.1 Å². The van der Waals surface area contributed by atoms with E-state index in [2.05, 4.69) is 134 Å². The fourth-order valence-electron chi connectivity index (χ4n) is 4.57. The van der Waals surface area contributed by atoms with Crippen molar-refractivity contribution < 1.29 is 4.74 Å². The van der Waals surface area contributed by atoms with Gasteiger partial charge in [-0.15, -0.1) is 0 Å². The van der Waals surface area contributed by atoms with Crippen molar-refractivity contribution >= 4 is 37.1 Å². The highest BCUT2D eigenvalue weighted by Crippen LogP contribution is 2.35. The first-order valence-corrected chi connectivity index (χ1v) is 17.2. The summed E-state index contributed by atoms with van der Waals surface area (Å²) in [7, 11) is -0.902. The summed E-state index contributed by atoms with van der Waals surface area (Å²) in [6.07, 6.45) is 2.07. The van der Waals surface area contributed by atoms with Gasteiger partial charge in [0.05, 0.1) is 13.2 Å². The van der Waals surface area contributed by atoms with Gasteiger partial charge in [0.25, 0.3) is 0 Å². The van der Waals surface area contributed by atoms with E-state index in [1.807, 2.05) is 0 Å². The van der Waals surface area contributed by atoms with Crippen LogP contribution in [-0.4, -0.2) is 38.6 Å². The lowest BCUT2D eigenvalue weighted by Crippen LogP contribution is -2.19. The second kappa shape index (κ2) is 16.7. The maximum Gasteiger partial charge on any atom is 0.0511 e. The molecule has 0 heterocycles. The largest absolute Gasteiger partial charge is 0.381 e. The van der Waals surface area contributed by atoms with Crippen LogP contribution in [0.4, 0.5) is 0 Å². The molecule has 0 aliphatic carbocycles. The van der Waals surface area contributed by atoms with E-state index >= 15 is 0 Å². The fourth-order valence-corrected chi connectivity index (χ4v) is 8.90. The van der Waals surface area contributed by atoms with Gasteiger partial charge in [-0.25, -0.2) is 0 Å². The number of nitrogens with one attached hydrogen (secondary N) is 2. The van der Waals surface area contributed by atoms with Gasteiger partial charge >= 0.3 is 0 Å². The van der Waals surface area contributed by atoms with Gasteiger partial charge in [0.1, 0.15) is 0 Å². The summed E-state index contributed by atoms with van der Waals surface area (Å²) in [5.41, 5.74) is 2.67. The Morgan fingerprint density at radius 1 is 0.487 bits per heavy atom. The van der Waals surface area contributed by atoms with E-state index in [0.717, 1.165) is 51.7 Å². The van der Waals surface area contributed by atoms with Gasteiger partial charge in [-0.3, -0.25) is 0 Å². The topological polar surface area (TPSA) is 33.3 Å². The number of rotatable bonds is 16. The molecule has 0 fully saturated rings. The number of hydrogen-bond donors (Lipinski definition) is 2. The van der Waals surface area contributed by atoms with E-state index < -0.39 is 15.8 Å². The molecule has 4 aromatic rings. The molecule has 39 heavy (non-hydrogen) atoms. The van der Waals surface area contributed by atoms with E-state index in [0.29, 0.717) is 0 Å². The van der Waals surface area contributed by atoms with Crippen LogP contribution in [0.2, 0.25) is 0 Å². The molecule has 2 atom stereocenters. The average Bonchev–Trinajstić information content (AvgIpc) is 3.00. The minimum absolute atomic E-state index is 0.451. The Morgan fingerprint density at radius 3 is 1.21 bits per heavy atom. The molecule has 2 N–H and O–H groups in total. The Kier molecular flexibility index (Phi) is 12.6. The molecule has 0 bridgehead atoms. The molecule has 5 heteroatoms. The van der Waals surface area contributed by atoms with E-state index in [1.165, 1.54) is 32.3 Å². The average molecular weight is 557 g/mol. The third kappa shape index (κ3) is 9.35. The molecule has 0 spiro atoms. The molecule has 0 saturated heterocycles. The smallest absolute Gasteiger partial charge is 0.0511 e. The third-order valence-corrected chi connectivity index (χ3v) is 11.7. The van der Waals surface area contributed by atoms with Crippen LogP contribution in [-0.2, 0) is 17.8 Å². The number of hydrogen-bond acceptors (Lipinski definition) is 3. The molecule has 204 valence electrons. The van der Waals surface area contributed by atoms with Crippen LogP contribution < -0.4 is 31.9 Å². The highest BCUT2D eigenvalue weighted by molar-refractivity contribution is 7.73. The Bertz CT molecular complexity index is 1100. The standard InChI is InChI=1S/C34H42N2OP2/c1-3-35-27-29-15-19-33(20-16-29)38(31-11-7-5-8-12-31)25-23-37-24-26-39(32-13-9-6-10-14-32)34-21-17-30(18-22-34)28-36-4-2/h5-22,35-36H,3-4,23-28H2,1-2H3. The summed E-state index contributed by atoms with van der Waals surface area (Å²) < 4.78 is 6.35. The maximum atomic E-state index is 6.35. The quantitative estimate of drug-likeness (QED) is 0.142. The summed E-state index contributed by atoms with van der Waals surface area (Å²) >= 11 is 0. The Balaban J connectivity index is 1.38. The Morgan fingerprint density at radius 2 is 0.846 bits per heavy atom. The van der Waals surface area contributed by atoms with Gasteiger partial charge in [-0.1, -0.05) is 123 Å². The molecule has 0 aliphatic heterocycles. The van der Waals surface area contributed by atoms with Gasteiger partial charge < -0.3 is 15.4 Å². The monoisotopic (exact) mass is 556 g/mol. The molecular weight excluding hydrogens is 514 g/mol. The molecule has 3 nitrogen and oxygen atoms in total. The molecule has 4 aromatic carbocycles. The van der Waals surface area contributed by atoms with Crippen LogP contribution in [0.3, 0.4) is 0 Å². The lowest BCUT2D eigenvalue weighted by molar-refractivity contribution is 0.166. The summed E-state index contributed by atoms with van der Waals surface area (Å²) in [5.74, 6) is 0. The van der Waals surface area contributed by atoms with Gasteiger partial charge in [-0.05, 0) is 73.6 Å². The highest BCUT2D eigenvalue weighted by atomic mass is 31.1. The second-order valence-corrected chi connectivity index (χ2v) is 14.2. The van der Waals surface area contributed by atoms with Crippen molar-refractivity contribution in [2.75, 3.05) is 38.6 Å². The first-order chi connectivity index (χ1) is 19.3. The second-order valence-electron chi connectivity index (χ2n) is 9.48. The van der Waals surface area contributed by atoms with Crippen molar-refractivity contribution in [2.45, 2.75) is 26.9 Å². The van der Waals surface area contributed by atoms with E-state index in [9.17, 15) is 0 Å². The zero-order valence-corrected chi connectivity index (χ0v) is 25.1. The highest BCUT2D eigenvalue weighted by Gasteiger charge is 2.16. The summed E-state index contributed by atoms with van der Waals surface area (Å²) in [5, 5.41) is 12.5. The minimum atomic E-state index is -0.451.